The van der Waals surface area contributed by atoms with Crippen LogP contribution in [0.5, 0.6) is 0 Å². The Morgan fingerprint density at radius 2 is 1.58 bits per heavy atom. The quantitative estimate of drug-likeness (QED) is 0.924. The highest BCUT2D eigenvalue weighted by molar-refractivity contribution is 5.76. The first-order valence-corrected chi connectivity index (χ1v) is 9.41. The number of amides is 2. The number of piperazine rings is 1. The molecule has 0 radical (unpaired) electrons. The Bertz CT molecular complexity index is 722. The van der Waals surface area contributed by atoms with E-state index in [-0.39, 0.29) is 11.6 Å². The molecule has 0 spiro atoms. The summed E-state index contributed by atoms with van der Waals surface area (Å²) in [5.74, 6) is 0.740. The normalized spacial score (nSPS) is 19.4. The topological polar surface area (TPSA) is 61.4 Å². The Morgan fingerprint density at radius 1 is 0.923 bits per heavy atom. The van der Waals surface area contributed by atoms with Crippen LogP contribution < -0.4 is 10.2 Å². The van der Waals surface area contributed by atoms with Crippen LogP contribution in [0.15, 0.2) is 48.8 Å². The zero-order valence-electron chi connectivity index (χ0n) is 15.0. The van der Waals surface area contributed by atoms with Crippen LogP contribution >= 0.6 is 0 Å². The van der Waals surface area contributed by atoms with E-state index in [2.05, 4.69) is 44.5 Å². The van der Waals surface area contributed by atoms with Crippen LogP contribution in [-0.4, -0.2) is 47.1 Å². The van der Waals surface area contributed by atoms with E-state index in [0.717, 1.165) is 44.7 Å². The maximum Gasteiger partial charge on any atom is 0.318 e. The molecule has 1 aromatic heterocycles. The van der Waals surface area contributed by atoms with Crippen molar-refractivity contribution in [3.63, 3.8) is 0 Å². The van der Waals surface area contributed by atoms with Gasteiger partial charge in [-0.3, -0.25) is 0 Å². The van der Waals surface area contributed by atoms with Gasteiger partial charge in [-0.15, -0.1) is 0 Å². The number of nitrogens with one attached hydrogen (secondary N) is 1. The van der Waals surface area contributed by atoms with Crippen molar-refractivity contribution in [1.29, 1.82) is 0 Å². The summed E-state index contributed by atoms with van der Waals surface area (Å²) in [6, 6.07) is 12.3. The van der Waals surface area contributed by atoms with Crippen molar-refractivity contribution in [2.45, 2.75) is 31.2 Å². The molecule has 0 atom stereocenters. The molecule has 2 aliphatic rings. The third-order valence-corrected chi connectivity index (χ3v) is 5.53. The van der Waals surface area contributed by atoms with Gasteiger partial charge in [0.1, 0.15) is 0 Å². The Morgan fingerprint density at radius 3 is 2.23 bits per heavy atom. The summed E-state index contributed by atoms with van der Waals surface area (Å²) in [5, 5.41) is 3.37. The van der Waals surface area contributed by atoms with Gasteiger partial charge in [-0.25, -0.2) is 14.8 Å². The van der Waals surface area contributed by atoms with Crippen LogP contribution in [0.3, 0.4) is 0 Å². The summed E-state index contributed by atoms with van der Waals surface area (Å²) in [6.45, 7) is 2.90. The monoisotopic (exact) mass is 351 g/mol. The van der Waals surface area contributed by atoms with Gasteiger partial charge in [-0.1, -0.05) is 43.2 Å². The van der Waals surface area contributed by atoms with Crippen molar-refractivity contribution in [3.8, 4) is 0 Å². The molecule has 2 aromatic rings. The SMILES string of the molecule is O=C(NC1(c2ccccc2)CCCC1)N1CCN(c2ncccn2)CC1. The molecule has 1 N–H and O–H groups in total. The van der Waals surface area contributed by atoms with Gasteiger partial charge < -0.3 is 15.1 Å². The van der Waals surface area contributed by atoms with Crippen molar-refractivity contribution >= 4 is 12.0 Å². The number of anilines is 1. The Hall–Kier alpha value is -2.63. The fraction of sp³-hybridized carbons (Fsp3) is 0.450. The number of hydrogen-bond donors (Lipinski definition) is 1. The molecule has 6 nitrogen and oxygen atoms in total. The summed E-state index contributed by atoms with van der Waals surface area (Å²) >= 11 is 0. The van der Waals surface area contributed by atoms with Gasteiger partial charge >= 0.3 is 6.03 Å². The van der Waals surface area contributed by atoms with Gasteiger partial charge in [0, 0.05) is 38.6 Å². The number of hydrogen-bond acceptors (Lipinski definition) is 4. The predicted molar refractivity (Wildman–Crippen MR) is 101 cm³/mol. The zero-order valence-corrected chi connectivity index (χ0v) is 15.0. The Labute approximate surface area is 154 Å². The lowest BCUT2D eigenvalue weighted by Gasteiger charge is -2.38. The number of aromatic nitrogens is 2. The molecule has 2 amide bonds. The number of rotatable bonds is 3. The minimum atomic E-state index is -0.210. The molecule has 6 heteroatoms. The average molecular weight is 351 g/mol. The first-order valence-electron chi connectivity index (χ1n) is 9.41. The van der Waals surface area contributed by atoms with Gasteiger partial charge in [0.25, 0.3) is 0 Å². The molecular weight excluding hydrogens is 326 g/mol. The molecule has 1 aliphatic heterocycles. The standard InChI is InChI=1S/C20H25N5O/c26-19(23-20(9-4-5-10-20)17-7-2-1-3-8-17)25-15-13-24(14-16-25)18-21-11-6-12-22-18/h1-3,6-8,11-12H,4-5,9-10,13-16H2,(H,23,26). The molecule has 26 heavy (non-hydrogen) atoms. The predicted octanol–water partition coefficient (Wildman–Crippen LogP) is 2.78. The van der Waals surface area contributed by atoms with E-state index in [1.165, 1.54) is 5.56 Å². The highest BCUT2D eigenvalue weighted by Gasteiger charge is 2.38. The molecule has 1 aromatic carbocycles. The van der Waals surface area contributed by atoms with Crippen molar-refractivity contribution in [2.24, 2.45) is 0 Å². The second-order valence-electron chi connectivity index (χ2n) is 7.11. The second-order valence-corrected chi connectivity index (χ2v) is 7.11. The van der Waals surface area contributed by atoms with Crippen LogP contribution in [0, 0.1) is 0 Å². The molecule has 2 heterocycles. The van der Waals surface area contributed by atoms with E-state index in [1.54, 1.807) is 12.4 Å². The lowest BCUT2D eigenvalue weighted by Crippen LogP contribution is -2.56. The largest absolute Gasteiger partial charge is 0.337 e. The number of benzene rings is 1. The van der Waals surface area contributed by atoms with E-state index < -0.39 is 0 Å². The summed E-state index contributed by atoms with van der Waals surface area (Å²) in [7, 11) is 0. The van der Waals surface area contributed by atoms with E-state index in [4.69, 9.17) is 0 Å². The van der Waals surface area contributed by atoms with Gasteiger partial charge in [0.15, 0.2) is 0 Å². The van der Waals surface area contributed by atoms with Crippen molar-refractivity contribution in [3.05, 3.63) is 54.4 Å². The molecule has 2 fully saturated rings. The number of urea groups is 1. The fourth-order valence-corrected chi connectivity index (χ4v) is 4.07. The van der Waals surface area contributed by atoms with Crippen LogP contribution in [0.4, 0.5) is 10.7 Å². The molecule has 1 aliphatic carbocycles. The van der Waals surface area contributed by atoms with Gasteiger partial charge in [0.05, 0.1) is 5.54 Å². The highest BCUT2D eigenvalue weighted by atomic mass is 16.2. The van der Waals surface area contributed by atoms with Crippen molar-refractivity contribution in [1.82, 2.24) is 20.2 Å². The first-order chi connectivity index (χ1) is 12.8. The maximum atomic E-state index is 12.9. The first kappa shape index (κ1) is 16.8. The molecule has 1 saturated heterocycles. The van der Waals surface area contributed by atoms with E-state index in [0.29, 0.717) is 13.1 Å². The van der Waals surface area contributed by atoms with Crippen molar-refractivity contribution < 1.29 is 4.79 Å². The van der Waals surface area contributed by atoms with E-state index >= 15 is 0 Å². The molecule has 136 valence electrons. The number of carbonyl (C=O) groups is 1. The Balaban J connectivity index is 1.40. The summed E-state index contributed by atoms with van der Waals surface area (Å²) < 4.78 is 0. The average Bonchev–Trinajstić information content (AvgIpc) is 3.19. The molecule has 1 saturated carbocycles. The highest BCUT2D eigenvalue weighted by Crippen LogP contribution is 2.38. The maximum absolute atomic E-state index is 12.9. The molecular formula is C20H25N5O. The number of carbonyl (C=O) groups excluding carboxylic acids is 1. The van der Waals surface area contributed by atoms with Crippen LogP contribution in [0.25, 0.3) is 0 Å². The third-order valence-electron chi connectivity index (χ3n) is 5.53. The zero-order chi connectivity index (χ0) is 17.8. The lowest BCUT2D eigenvalue weighted by molar-refractivity contribution is 0.178. The van der Waals surface area contributed by atoms with Gasteiger partial charge in [-0.05, 0) is 24.5 Å². The minimum Gasteiger partial charge on any atom is -0.337 e. The lowest BCUT2D eigenvalue weighted by atomic mass is 9.88. The molecule has 0 unspecified atom stereocenters. The second kappa shape index (κ2) is 7.32. The fourth-order valence-electron chi connectivity index (χ4n) is 4.07. The van der Waals surface area contributed by atoms with Crippen LogP contribution in [0.2, 0.25) is 0 Å². The minimum absolute atomic E-state index is 0.0457. The van der Waals surface area contributed by atoms with Crippen LogP contribution in [0.1, 0.15) is 31.2 Å². The third kappa shape index (κ3) is 3.36. The summed E-state index contributed by atoms with van der Waals surface area (Å²) in [6.07, 6.45) is 7.86. The Kier molecular flexibility index (Phi) is 4.73. The summed E-state index contributed by atoms with van der Waals surface area (Å²) in [5.41, 5.74) is 1.01. The smallest absolute Gasteiger partial charge is 0.318 e. The van der Waals surface area contributed by atoms with E-state index in [1.807, 2.05) is 17.0 Å². The van der Waals surface area contributed by atoms with Gasteiger partial charge in [0.2, 0.25) is 5.95 Å². The molecule has 0 bridgehead atoms. The summed E-state index contributed by atoms with van der Waals surface area (Å²) in [4.78, 5) is 25.6. The van der Waals surface area contributed by atoms with Crippen LogP contribution in [-0.2, 0) is 5.54 Å². The van der Waals surface area contributed by atoms with E-state index in [9.17, 15) is 4.79 Å². The molecule has 4 rings (SSSR count). The van der Waals surface area contributed by atoms with Gasteiger partial charge in [-0.2, -0.15) is 0 Å². The number of nitrogens with zero attached hydrogens (tertiary/aromatic N) is 4. The van der Waals surface area contributed by atoms with Crippen molar-refractivity contribution in [2.75, 3.05) is 31.1 Å².